The number of nitrogens with zero attached hydrogens (tertiary/aromatic N) is 2. The Morgan fingerprint density at radius 2 is 1.70 bits per heavy atom. The molecule has 2 rings (SSSR count). The van der Waals surface area contributed by atoms with Crippen LogP contribution in [-0.4, -0.2) is 45.7 Å². The van der Waals surface area contributed by atoms with Gasteiger partial charge in [-0.3, -0.25) is 0 Å². The standard InChI is InChI=1S/C12H14N2O4S2/c13-6-5-11-1-3-12(4-2-11)20(17,18)14-7-9-19(15,16)10-8-14/h1-4H,5,7-10H2. The molecule has 0 spiro atoms. The highest BCUT2D eigenvalue weighted by Crippen LogP contribution is 2.19. The highest BCUT2D eigenvalue weighted by Gasteiger charge is 2.30. The summed E-state index contributed by atoms with van der Waals surface area (Å²) in [5.74, 6) is -0.280. The molecule has 1 saturated heterocycles. The normalized spacial score (nSPS) is 19.4. The summed E-state index contributed by atoms with van der Waals surface area (Å²) in [7, 11) is -6.77. The molecule has 1 aliphatic rings. The van der Waals surface area contributed by atoms with Gasteiger partial charge < -0.3 is 0 Å². The van der Waals surface area contributed by atoms with Crippen molar-refractivity contribution in [1.29, 1.82) is 5.26 Å². The third-order valence-electron chi connectivity index (χ3n) is 3.15. The van der Waals surface area contributed by atoms with Gasteiger partial charge in [0.25, 0.3) is 0 Å². The van der Waals surface area contributed by atoms with E-state index in [0.717, 1.165) is 5.56 Å². The van der Waals surface area contributed by atoms with Crippen LogP contribution in [0.3, 0.4) is 0 Å². The van der Waals surface area contributed by atoms with Crippen LogP contribution in [0.5, 0.6) is 0 Å². The van der Waals surface area contributed by atoms with Crippen molar-refractivity contribution in [3.63, 3.8) is 0 Å². The van der Waals surface area contributed by atoms with Crippen molar-refractivity contribution in [1.82, 2.24) is 4.31 Å². The lowest BCUT2D eigenvalue weighted by molar-refractivity contribution is 0.431. The van der Waals surface area contributed by atoms with Crippen LogP contribution in [-0.2, 0) is 26.3 Å². The molecule has 0 atom stereocenters. The Morgan fingerprint density at radius 1 is 1.15 bits per heavy atom. The van der Waals surface area contributed by atoms with Gasteiger partial charge in [-0.1, -0.05) is 12.1 Å². The number of sulfonamides is 1. The van der Waals surface area contributed by atoms with Crippen molar-refractivity contribution in [3.8, 4) is 6.07 Å². The highest BCUT2D eigenvalue weighted by molar-refractivity contribution is 7.92. The third-order valence-corrected chi connectivity index (χ3v) is 6.67. The Bertz CT molecular complexity index is 717. The molecule has 0 amide bonds. The minimum atomic E-state index is -3.66. The van der Waals surface area contributed by atoms with Crippen LogP contribution in [0.25, 0.3) is 0 Å². The number of hydrogen-bond donors (Lipinski definition) is 0. The molecule has 1 aromatic carbocycles. The van der Waals surface area contributed by atoms with Crippen LogP contribution in [0.4, 0.5) is 0 Å². The summed E-state index contributed by atoms with van der Waals surface area (Å²) in [6.45, 7) is -0.0186. The number of hydrogen-bond acceptors (Lipinski definition) is 5. The van der Waals surface area contributed by atoms with Gasteiger partial charge >= 0.3 is 0 Å². The fraction of sp³-hybridized carbons (Fsp3) is 0.417. The van der Waals surface area contributed by atoms with Crippen LogP contribution < -0.4 is 0 Å². The summed E-state index contributed by atoms with van der Waals surface area (Å²) in [4.78, 5) is 0.124. The lowest BCUT2D eigenvalue weighted by atomic mass is 10.2. The van der Waals surface area contributed by atoms with E-state index in [9.17, 15) is 16.8 Å². The van der Waals surface area contributed by atoms with Crippen molar-refractivity contribution >= 4 is 19.9 Å². The first-order chi connectivity index (χ1) is 9.35. The van der Waals surface area contributed by atoms with E-state index in [4.69, 9.17) is 5.26 Å². The first kappa shape index (κ1) is 15.0. The minimum absolute atomic E-state index is 0.00931. The van der Waals surface area contributed by atoms with Gasteiger partial charge in [0.2, 0.25) is 10.0 Å². The van der Waals surface area contributed by atoms with E-state index in [-0.39, 0.29) is 35.9 Å². The van der Waals surface area contributed by atoms with Crippen molar-refractivity contribution < 1.29 is 16.8 Å². The number of rotatable bonds is 3. The van der Waals surface area contributed by atoms with E-state index in [0.29, 0.717) is 0 Å². The summed E-state index contributed by atoms with van der Waals surface area (Å²) in [5, 5.41) is 8.57. The van der Waals surface area contributed by atoms with Gasteiger partial charge in [0.05, 0.1) is 28.9 Å². The molecular weight excluding hydrogens is 300 g/mol. The van der Waals surface area contributed by atoms with Crippen LogP contribution >= 0.6 is 0 Å². The van der Waals surface area contributed by atoms with E-state index in [1.807, 2.05) is 6.07 Å². The summed E-state index contributed by atoms with van der Waals surface area (Å²) in [5.41, 5.74) is 0.743. The van der Waals surface area contributed by atoms with Crippen molar-refractivity contribution in [2.24, 2.45) is 0 Å². The Balaban J connectivity index is 2.21. The van der Waals surface area contributed by atoms with E-state index in [1.54, 1.807) is 12.1 Å². The Morgan fingerprint density at radius 3 is 2.20 bits per heavy atom. The van der Waals surface area contributed by atoms with Crippen LogP contribution in [0.1, 0.15) is 5.56 Å². The summed E-state index contributed by atoms with van der Waals surface area (Å²) in [6, 6.07) is 8.08. The lowest BCUT2D eigenvalue weighted by Crippen LogP contribution is -2.43. The van der Waals surface area contributed by atoms with Gasteiger partial charge in [0.15, 0.2) is 9.84 Å². The van der Waals surface area contributed by atoms with E-state index in [1.165, 1.54) is 16.4 Å². The molecule has 0 aromatic heterocycles. The second kappa shape index (κ2) is 5.52. The monoisotopic (exact) mass is 314 g/mol. The Kier molecular flexibility index (Phi) is 4.13. The van der Waals surface area contributed by atoms with Crippen molar-refractivity contribution in [3.05, 3.63) is 29.8 Å². The lowest BCUT2D eigenvalue weighted by Gasteiger charge is -2.25. The van der Waals surface area contributed by atoms with Crippen LogP contribution in [0.2, 0.25) is 0 Å². The average molecular weight is 314 g/mol. The van der Waals surface area contributed by atoms with E-state index < -0.39 is 19.9 Å². The molecule has 8 heteroatoms. The molecule has 1 heterocycles. The fourth-order valence-corrected chi connectivity index (χ4v) is 4.83. The second-order valence-corrected chi connectivity index (χ2v) is 8.78. The zero-order valence-corrected chi connectivity index (χ0v) is 12.3. The fourth-order valence-electron chi connectivity index (χ4n) is 1.96. The molecule has 1 fully saturated rings. The molecule has 20 heavy (non-hydrogen) atoms. The van der Waals surface area contributed by atoms with Gasteiger partial charge in [-0.15, -0.1) is 0 Å². The van der Waals surface area contributed by atoms with Crippen molar-refractivity contribution in [2.75, 3.05) is 24.6 Å². The summed E-state index contributed by atoms with van der Waals surface area (Å²) < 4.78 is 48.5. The second-order valence-electron chi connectivity index (χ2n) is 4.53. The summed E-state index contributed by atoms with van der Waals surface area (Å²) >= 11 is 0. The molecule has 1 aromatic rings. The van der Waals surface area contributed by atoms with Crippen LogP contribution in [0, 0.1) is 11.3 Å². The predicted molar refractivity (Wildman–Crippen MR) is 73.2 cm³/mol. The molecule has 0 aliphatic carbocycles. The molecule has 0 N–H and O–H groups in total. The molecule has 108 valence electrons. The van der Waals surface area contributed by atoms with Gasteiger partial charge in [-0.2, -0.15) is 9.57 Å². The zero-order chi connectivity index (χ0) is 14.8. The highest BCUT2D eigenvalue weighted by atomic mass is 32.2. The largest absolute Gasteiger partial charge is 0.243 e. The minimum Gasteiger partial charge on any atom is -0.229 e. The molecule has 6 nitrogen and oxygen atoms in total. The average Bonchev–Trinajstić information content (AvgIpc) is 2.39. The SMILES string of the molecule is N#CCc1ccc(S(=O)(=O)N2CCS(=O)(=O)CC2)cc1. The summed E-state index contributed by atoms with van der Waals surface area (Å²) in [6.07, 6.45) is 0.224. The maximum absolute atomic E-state index is 12.3. The topological polar surface area (TPSA) is 95.3 Å². The number of sulfone groups is 1. The predicted octanol–water partition coefficient (Wildman–Crippen LogP) is 0.172. The van der Waals surface area contributed by atoms with Crippen molar-refractivity contribution in [2.45, 2.75) is 11.3 Å². The maximum Gasteiger partial charge on any atom is 0.243 e. The molecule has 0 bridgehead atoms. The number of benzene rings is 1. The van der Waals surface area contributed by atoms with Crippen LogP contribution in [0.15, 0.2) is 29.2 Å². The van der Waals surface area contributed by atoms with E-state index >= 15 is 0 Å². The Labute approximate surface area is 118 Å². The smallest absolute Gasteiger partial charge is 0.229 e. The molecular formula is C12H14N2O4S2. The van der Waals surface area contributed by atoms with Gasteiger partial charge in [0.1, 0.15) is 0 Å². The third kappa shape index (κ3) is 3.17. The first-order valence-electron chi connectivity index (χ1n) is 6.02. The van der Waals surface area contributed by atoms with Gasteiger partial charge in [-0.05, 0) is 17.7 Å². The van der Waals surface area contributed by atoms with E-state index in [2.05, 4.69) is 0 Å². The van der Waals surface area contributed by atoms with Gasteiger partial charge in [0, 0.05) is 13.1 Å². The first-order valence-corrected chi connectivity index (χ1v) is 9.28. The Hall–Kier alpha value is -1.43. The number of nitriles is 1. The molecule has 0 radical (unpaired) electrons. The molecule has 1 aliphatic heterocycles. The maximum atomic E-state index is 12.3. The zero-order valence-electron chi connectivity index (χ0n) is 10.7. The molecule has 0 unspecified atom stereocenters. The van der Waals surface area contributed by atoms with Gasteiger partial charge in [-0.25, -0.2) is 16.8 Å². The quantitative estimate of drug-likeness (QED) is 0.792. The molecule has 0 saturated carbocycles.